The van der Waals surface area contributed by atoms with E-state index in [1.807, 2.05) is 66.7 Å². The van der Waals surface area contributed by atoms with E-state index in [1.54, 1.807) is 7.11 Å². The van der Waals surface area contributed by atoms with Crippen LogP contribution < -0.4 is 14.2 Å². The van der Waals surface area contributed by atoms with Crippen LogP contribution in [0, 0.1) is 7.14 Å². The second-order valence-corrected chi connectivity index (χ2v) is 10.2. The van der Waals surface area contributed by atoms with Crippen LogP contribution in [0.15, 0.2) is 71.1 Å². The van der Waals surface area contributed by atoms with E-state index in [0.717, 1.165) is 61.2 Å². The molecule has 6 nitrogen and oxygen atoms in total. The Morgan fingerprint density at radius 3 is 1.91 bits per heavy atom. The molecule has 0 unspecified atom stereocenters. The van der Waals surface area contributed by atoms with Gasteiger partial charge in [-0.05, 0) is 119 Å². The fourth-order valence-corrected chi connectivity index (χ4v) is 4.69. The maximum Gasteiger partial charge on any atom is 0.248 e. The highest BCUT2D eigenvalue weighted by atomic mass is 127. The summed E-state index contributed by atoms with van der Waals surface area (Å²) in [6.45, 7) is 1.40. The molecule has 0 N–H and O–H groups in total. The number of benzene rings is 3. The van der Waals surface area contributed by atoms with E-state index < -0.39 is 0 Å². The highest BCUT2D eigenvalue weighted by Crippen LogP contribution is 2.31. The molecule has 0 fully saturated rings. The lowest BCUT2D eigenvalue weighted by Gasteiger charge is -2.11. The molecule has 0 aliphatic rings. The number of ether oxygens (including phenoxy) is 3. The summed E-state index contributed by atoms with van der Waals surface area (Å²) in [5.41, 5.74) is 1.77. The van der Waals surface area contributed by atoms with Crippen molar-refractivity contribution in [2.45, 2.75) is 25.7 Å². The van der Waals surface area contributed by atoms with E-state index in [1.165, 1.54) is 0 Å². The normalized spacial score (nSPS) is 10.8. The highest BCUT2D eigenvalue weighted by Gasteiger charge is 2.10. The Morgan fingerprint density at radius 1 is 0.686 bits per heavy atom. The van der Waals surface area contributed by atoms with Gasteiger partial charge in [-0.15, -0.1) is 10.2 Å². The monoisotopic (exact) mass is 696 g/mol. The zero-order chi connectivity index (χ0) is 24.5. The topological polar surface area (TPSA) is 66.6 Å². The molecule has 4 rings (SSSR count). The van der Waals surface area contributed by atoms with Gasteiger partial charge in [0.05, 0.1) is 27.5 Å². The van der Waals surface area contributed by atoms with Gasteiger partial charge in [-0.2, -0.15) is 0 Å². The summed E-state index contributed by atoms with van der Waals surface area (Å²) in [6, 6.07) is 21.5. The van der Waals surface area contributed by atoms with Gasteiger partial charge in [0.2, 0.25) is 11.8 Å². The van der Waals surface area contributed by atoms with Crippen molar-refractivity contribution in [1.82, 2.24) is 10.2 Å². The van der Waals surface area contributed by atoms with Crippen LogP contribution in [0.25, 0.3) is 22.9 Å². The Bertz CT molecular complexity index is 1210. The maximum absolute atomic E-state index is 5.95. The third-order valence-corrected chi connectivity index (χ3v) is 7.00. The van der Waals surface area contributed by atoms with Gasteiger partial charge >= 0.3 is 0 Å². The number of methoxy groups -OCH3 is 1. The lowest BCUT2D eigenvalue weighted by molar-refractivity contribution is 0.286. The molecule has 0 saturated heterocycles. The summed E-state index contributed by atoms with van der Waals surface area (Å²) in [7, 11) is 1.68. The zero-order valence-electron chi connectivity index (χ0n) is 19.4. The highest BCUT2D eigenvalue weighted by molar-refractivity contribution is 14.1. The van der Waals surface area contributed by atoms with Crippen molar-refractivity contribution in [3.63, 3.8) is 0 Å². The van der Waals surface area contributed by atoms with E-state index in [2.05, 4.69) is 55.4 Å². The molecule has 182 valence electrons. The lowest BCUT2D eigenvalue weighted by Crippen LogP contribution is -2.01. The average Bonchev–Trinajstić information content (AvgIpc) is 3.38. The van der Waals surface area contributed by atoms with Crippen molar-refractivity contribution in [1.29, 1.82) is 0 Å². The third-order valence-electron chi connectivity index (χ3n) is 5.32. The second-order valence-electron chi connectivity index (χ2n) is 7.83. The first kappa shape index (κ1) is 25.7. The van der Waals surface area contributed by atoms with Crippen LogP contribution in [0.2, 0.25) is 0 Å². The number of nitrogens with zero attached hydrogens (tertiary/aromatic N) is 2. The molecule has 0 bridgehead atoms. The summed E-state index contributed by atoms with van der Waals surface area (Å²) in [6.07, 6.45) is 4.22. The summed E-state index contributed by atoms with van der Waals surface area (Å²) < 4.78 is 25.1. The van der Waals surface area contributed by atoms with Crippen molar-refractivity contribution in [2.75, 3.05) is 20.3 Å². The van der Waals surface area contributed by atoms with Crippen molar-refractivity contribution in [3.05, 3.63) is 73.9 Å². The Morgan fingerprint density at radius 2 is 1.26 bits per heavy atom. The predicted octanol–water partition coefficient (Wildman–Crippen LogP) is 7.64. The molecule has 35 heavy (non-hydrogen) atoms. The smallest absolute Gasteiger partial charge is 0.248 e. The maximum atomic E-state index is 5.95. The van der Waals surface area contributed by atoms with Gasteiger partial charge in [0.1, 0.15) is 17.2 Å². The fraction of sp³-hybridized carbons (Fsp3) is 0.259. The van der Waals surface area contributed by atoms with Crippen LogP contribution in [-0.4, -0.2) is 30.5 Å². The van der Waals surface area contributed by atoms with E-state index in [9.17, 15) is 0 Å². The summed E-state index contributed by atoms with van der Waals surface area (Å²) in [5.74, 6) is 3.64. The minimum absolute atomic E-state index is 0.497. The molecule has 1 heterocycles. The second kappa shape index (κ2) is 13.1. The largest absolute Gasteiger partial charge is 0.496 e. The van der Waals surface area contributed by atoms with Crippen LogP contribution >= 0.6 is 45.2 Å². The van der Waals surface area contributed by atoms with Gasteiger partial charge in [0, 0.05) is 11.1 Å². The SMILES string of the molecule is COc1cc(I)c(OCCCCCCOc2ccc(-c3nnc(-c4ccccc4)o3)cc2)cc1I. The molecule has 4 aromatic rings. The Kier molecular flexibility index (Phi) is 9.64. The average molecular weight is 696 g/mol. The van der Waals surface area contributed by atoms with E-state index >= 15 is 0 Å². The molecule has 1 aromatic heterocycles. The third kappa shape index (κ3) is 7.33. The minimum Gasteiger partial charge on any atom is -0.496 e. The Hall–Kier alpha value is -2.34. The van der Waals surface area contributed by atoms with E-state index in [0.29, 0.717) is 25.0 Å². The van der Waals surface area contributed by atoms with Crippen molar-refractivity contribution >= 4 is 45.2 Å². The van der Waals surface area contributed by atoms with Crippen molar-refractivity contribution < 1.29 is 18.6 Å². The number of hydrogen-bond donors (Lipinski definition) is 0. The molecule has 0 radical (unpaired) electrons. The molecule has 0 saturated carbocycles. The van der Waals surface area contributed by atoms with Crippen LogP contribution in [0.3, 0.4) is 0 Å². The minimum atomic E-state index is 0.497. The van der Waals surface area contributed by atoms with E-state index in [-0.39, 0.29) is 0 Å². The Labute approximate surface area is 232 Å². The van der Waals surface area contributed by atoms with Crippen LogP contribution in [0.5, 0.6) is 17.2 Å². The van der Waals surface area contributed by atoms with Gasteiger partial charge in [0.15, 0.2) is 0 Å². The number of hydrogen-bond acceptors (Lipinski definition) is 6. The van der Waals surface area contributed by atoms with Crippen LogP contribution in [0.4, 0.5) is 0 Å². The zero-order valence-corrected chi connectivity index (χ0v) is 23.7. The molecule has 0 amide bonds. The fourth-order valence-electron chi connectivity index (χ4n) is 3.44. The molecule has 0 spiro atoms. The van der Waals surface area contributed by atoms with E-state index in [4.69, 9.17) is 18.6 Å². The van der Waals surface area contributed by atoms with Crippen LogP contribution in [0.1, 0.15) is 25.7 Å². The van der Waals surface area contributed by atoms with Gasteiger partial charge in [-0.3, -0.25) is 0 Å². The Balaban J connectivity index is 1.13. The summed E-state index contributed by atoms with van der Waals surface area (Å²) in [5, 5.41) is 8.31. The molecule has 0 aliphatic carbocycles. The number of rotatable bonds is 12. The first-order valence-electron chi connectivity index (χ1n) is 11.4. The standard InChI is InChI=1S/C27H26I2N2O4/c1-32-24-17-23(29)25(18-22(24)28)34-16-8-3-2-7-15-33-21-13-11-20(12-14-21)27-31-30-26(35-27)19-9-5-4-6-10-19/h4-6,9-14,17-18H,2-3,7-8,15-16H2,1H3. The van der Waals surface area contributed by atoms with Gasteiger partial charge in [-0.25, -0.2) is 0 Å². The molecular formula is C27H26I2N2O4. The van der Waals surface area contributed by atoms with Crippen molar-refractivity contribution in [2.24, 2.45) is 0 Å². The number of unbranched alkanes of at least 4 members (excludes halogenated alkanes) is 3. The summed E-state index contributed by atoms with van der Waals surface area (Å²) in [4.78, 5) is 0. The molecule has 0 atom stereocenters. The molecular weight excluding hydrogens is 670 g/mol. The summed E-state index contributed by atoms with van der Waals surface area (Å²) >= 11 is 4.55. The molecule has 0 aliphatic heterocycles. The quantitative estimate of drug-likeness (QED) is 0.112. The van der Waals surface area contributed by atoms with Gasteiger partial charge < -0.3 is 18.6 Å². The first-order chi connectivity index (χ1) is 17.1. The van der Waals surface area contributed by atoms with Gasteiger partial charge in [-0.1, -0.05) is 18.2 Å². The lowest BCUT2D eigenvalue weighted by atomic mass is 10.2. The predicted molar refractivity (Wildman–Crippen MR) is 153 cm³/mol. The number of halogens is 2. The van der Waals surface area contributed by atoms with Crippen molar-refractivity contribution in [3.8, 4) is 40.2 Å². The van der Waals surface area contributed by atoms with Crippen LogP contribution in [-0.2, 0) is 0 Å². The molecule has 8 heteroatoms. The first-order valence-corrected chi connectivity index (χ1v) is 13.6. The van der Waals surface area contributed by atoms with Gasteiger partial charge in [0.25, 0.3) is 0 Å². The molecule has 3 aromatic carbocycles. The number of aromatic nitrogens is 2.